The lowest BCUT2D eigenvalue weighted by molar-refractivity contribution is -0.123. The Labute approximate surface area is 173 Å². The number of Topliss-reactive ketones (excluding diaryl/α,β-unsaturated/α-hetero) is 1. The fourth-order valence-electron chi connectivity index (χ4n) is 2.62. The molecule has 0 aromatic heterocycles. The molecule has 156 valence electrons. The van der Waals surface area contributed by atoms with Gasteiger partial charge in [-0.3, -0.25) is 14.1 Å². The molecular formula is C19H21ClN2O6S. The van der Waals surface area contributed by atoms with E-state index in [2.05, 4.69) is 5.32 Å². The van der Waals surface area contributed by atoms with Crippen LogP contribution < -0.4 is 11.1 Å². The van der Waals surface area contributed by atoms with Crippen molar-refractivity contribution in [2.24, 2.45) is 5.73 Å². The monoisotopic (exact) mass is 440 g/mol. The van der Waals surface area contributed by atoms with Gasteiger partial charge in [0.25, 0.3) is 10.1 Å². The Bertz CT molecular complexity index is 995. The molecule has 2 aromatic rings. The summed E-state index contributed by atoms with van der Waals surface area (Å²) in [7, 11) is -4.70. The van der Waals surface area contributed by atoms with Crippen molar-refractivity contribution in [1.29, 1.82) is 0 Å². The molecular weight excluding hydrogens is 420 g/mol. The van der Waals surface area contributed by atoms with E-state index in [4.69, 9.17) is 21.9 Å². The molecule has 0 saturated carbocycles. The van der Waals surface area contributed by atoms with Gasteiger partial charge in [-0.15, -0.1) is 0 Å². The normalized spacial score (nSPS) is 12.4. The molecule has 29 heavy (non-hydrogen) atoms. The molecule has 1 atom stereocenters. The molecule has 1 amide bonds. The van der Waals surface area contributed by atoms with Gasteiger partial charge in [0.05, 0.1) is 6.04 Å². The number of hydrogen-bond donors (Lipinski definition) is 4. The highest BCUT2D eigenvalue weighted by atomic mass is 35.5. The molecule has 10 heteroatoms. The Hall–Kier alpha value is -2.46. The van der Waals surface area contributed by atoms with Crippen molar-refractivity contribution in [1.82, 2.24) is 5.32 Å². The molecule has 0 fully saturated rings. The molecule has 8 nitrogen and oxygen atoms in total. The molecule has 0 bridgehead atoms. The number of nitrogens with one attached hydrogen (secondary N) is 1. The second-order valence-corrected chi connectivity index (χ2v) is 8.28. The molecule has 2 aromatic carbocycles. The SMILES string of the molecule is N[C@@H](CCC(=O)Cc1cc(Cl)cc(S(=O)(=O)O)c1O)C(=O)NCc1ccccc1. The van der Waals surface area contributed by atoms with Gasteiger partial charge in [-0.2, -0.15) is 8.42 Å². The number of hydrogen-bond acceptors (Lipinski definition) is 6. The minimum absolute atomic E-state index is 0.0442. The van der Waals surface area contributed by atoms with Crippen LogP contribution >= 0.6 is 11.6 Å². The van der Waals surface area contributed by atoms with Gasteiger partial charge in [0.2, 0.25) is 5.91 Å². The number of phenolic OH excluding ortho intramolecular Hbond substituents is 1. The molecule has 0 aliphatic rings. The van der Waals surface area contributed by atoms with Crippen molar-refractivity contribution < 1.29 is 27.7 Å². The highest BCUT2D eigenvalue weighted by Crippen LogP contribution is 2.31. The van der Waals surface area contributed by atoms with Gasteiger partial charge < -0.3 is 16.2 Å². The van der Waals surface area contributed by atoms with Crippen LogP contribution in [0, 0.1) is 0 Å². The largest absolute Gasteiger partial charge is 0.506 e. The fraction of sp³-hybridized carbons (Fsp3) is 0.263. The first-order valence-electron chi connectivity index (χ1n) is 8.65. The Morgan fingerprint density at radius 1 is 1.17 bits per heavy atom. The number of rotatable bonds is 9. The smallest absolute Gasteiger partial charge is 0.298 e. The Morgan fingerprint density at radius 2 is 1.83 bits per heavy atom. The van der Waals surface area contributed by atoms with Crippen LogP contribution in [0.5, 0.6) is 5.75 Å². The second-order valence-electron chi connectivity index (χ2n) is 6.45. The lowest BCUT2D eigenvalue weighted by atomic mass is 10.0. The minimum Gasteiger partial charge on any atom is -0.506 e. The first-order chi connectivity index (χ1) is 13.6. The topological polar surface area (TPSA) is 147 Å². The van der Waals surface area contributed by atoms with Crippen LogP contribution in [-0.2, 0) is 32.7 Å². The van der Waals surface area contributed by atoms with Gasteiger partial charge in [0, 0.05) is 30.0 Å². The van der Waals surface area contributed by atoms with Crippen LogP contribution in [-0.4, -0.2) is 35.8 Å². The van der Waals surface area contributed by atoms with E-state index in [-0.39, 0.29) is 35.6 Å². The first-order valence-corrected chi connectivity index (χ1v) is 10.5. The van der Waals surface area contributed by atoms with E-state index in [1.807, 2.05) is 30.3 Å². The van der Waals surface area contributed by atoms with Crippen molar-refractivity contribution in [3.8, 4) is 5.75 Å². The van der Waals surface area contributed by atoms with Crippen LogP contribution in [0.1, 0.15) is 24.0 Å². The summed E-state index contributed by atoms with van der Waals surface area (Å²) < 4.78 is 31.7. The van der Waals surface area contributed by atoms with E-state index in [1.54, 1.807) is 0 Å². The summed E-state index contributed by atoms with van der Waals surface area (Å²) >= 11 is 5.79. The van der Waals surface area contributed by atoms with E-state index < -0.39 is 32.7 Å². The van der Waals surface area contributed by atoms with Gasteiger partial charge >= 0.3 is 0 Å². The summed E-state index contributed by atoms with van der Waals surface area (Å²) in [5.41, 5.74) is 6.68. The quantitative estimate of drug-likeness (QED) is 0.435. The number of phenols is 1. The van der Waals surface area contributed by atoms with Crippen molar-refractivity contribution in [3.63, 3.8) is 0 Å². The standard InChI is InChI=1S/C19H21ClN2O6S/c20-14-8-13(18(24)17(10-14)29(26,27)28)9-15(23)6-7-16(21)19(25)22-11-12-4-2-1-3-5-12/h1-5,8,10,16,24H,6-7,9,11,21H2,(H,22,25)(H,26,27,28)/t16-/m0/s1. The Balaban J connectivity index is 1.91. The maximum atomic E-state index is 12.2. The summed E-state index contributed by atoms with van der Waals surface area (Å²) in [5.74, 6) is -1.52. The van der Waals surface area contributed by atoms with Gasteiger partial charge in [-0.1, -0.05) is 41.9 Å². The molecule has 0 saturated heterocycles. The molecule has 0 spiro atoms. The maximum absolute atomic E-state index is 12.2. The van der Waals surface area contributed by atoms with Crippen molar-refractivity contribution in [3.05, 3.63) is 58.6 Å². The van der Waals surface area contributed by atoms with Crippen LogP contribution in [0.25, 0.3) is 0 Å². The van der Waals surface area contributed by atoms with Gasteiger partial charge in [0.15, 0.2) is 0 Å². The third kappa shape index (κ3) is 6.82. The average Bonchev–Trinajstić information content (AvgIpc) is 2.66. The lowest BCUT2D eigenvalue weighted by Gasteiger charge is -2.12. The number of halogens is 1. The highest BCUT2D eigenvalue weighted by molar-refractivity contribution is 7.86. The minimum atomic E-state index is -4.70. The van der Waals surface area contributed by atoms with E-state index in [0.29, 0.717) is 6.54 Å². The lowest BCUT2D eigenvalue weighted by Crippen LogP contribution is -2.40. The van der Waals surface area contributed by atoms with E-state index in [9.17, 15) is 23.1 Å². The van der Waals surface area contributed by atoms with Crippen LogP contribution in [0.15, 0.2) is 47.4 Å². The first kappa shape index (κ1) is 22.8. The van der Waals surface area contributed by atoms with E-state index in [1.165, 1.54) is 6.07 Å². The third-order valence-electron chi connectivity index (χ3n) is 4.16. The molecule has 0 radical (unpaired) electrons. The number of ketones is 1. The number of amides is 1. The summed E-state index contributed by atoms with van der Waals surface area (Å²) in [6.45, 7) is 0.316. The molecule has 0 aliphatic carbocycles. The Kier molecular flexibility index (Phi) is 7.74. The Morgan fingerprint density at radius 3 is 2.45 bits per heavy atom. The van der Waals surface area contributed by atoms with Crippen LogP contribution in [0.2, 0.25) is 5.02 Å². The van der Waals surface area contributed by atoms with Crippen LogP contribution in [0.3, 0.4) is 0 Å². The number of nitrogens with two attached hydrogens (primary N) is 1. The summed E-state index contributed by atoms with van der Waals surface area (Å²) in [6, 6.07) is 10.5. The van der Waals surface area contributed by atoms with Crippen molar-refractivity contribution in [2.45, 2.75) is 36.7 Å². The number of carbonyl (C=O) groups excluding carboxylic acids is 2. The van der Waals surface area contributed by atoms with Crippen molar-refractivity contribution >= 4 is 33.4 Å². The zero-order valence-corrected chi connectivity index (χ0v) is 16.9. The van der Waals surface area contributed by atoms with Gasteiger partial charge in [-0.25, -0.2) is 0 Å². The van der Waals surface area contributed by atoms with Crippen LogP contribution in [0.4, 0.5) is 0 Å². The van der Waals surface area contributed by atoms with E-state index in [0.717, 1.165) is 11.6 Å². The van der Waals surface area contributed by atoms with Gasteiger partial charge in [-0.05, 0) is 24.1 Å². The molecule has 2 rings (SSSR count). The highest BCUT2D eigenvalue weighted by Gasteiger charge is 2.21. The summed E-state index contributed by atoms with van der Waals surface area (Å²) in [6.07, 6.45) is -0.313. The summed E-state index contributed by atoms with van der Waals surface area (Å²) in [4.78, 5) is 23.5. The molecule has 5 N–H and O–H groups in total. The van der Waals surface area contributed by atoms with Crippen molar-refractivity contribution in [2.75, 3.05) is 0 Å². The number of carbonyl (C=O) groups is 2. The maximum Gasteiger partial charge on any atom is 0.298 e. The summed E-state index contributed by atoms with van der Waals surface area (Å²) in [5, 5.41) is 12.6. The zero-order chi connectivity index (χ0) is 21.6. The predicted octanol–water partition coefficient (Wildman–Crippen LogP) is 1.83. The molecule has 0 heterocycles. The third-order valence-corrected chi connectivity index (χ3v) is 5.25. The predicted molar refractivity (Wildman–Crippen MR) is 107 cm³/mol. The molecule has 0 unspecified atom stereocenters. The molecule has 0 aliphatic heterocycles. The second kappa shape index (κ2) is 9.84. The average molecular weight is 441 g/mol. The zero-order valence-electron chi connectivity index (χ0n) is 15.3. The van der Waals surface area contributed by atoms with E-state index >= 15 is 0 Å². The fourth-order valence-corrected chi connectivity index (χ4v) is 3.58. The van der Waals surface area contributed by atoms with Gasteiger partial charge in [0.1, 0.15) is 16.4 Å². The number of aromatic hydroxyl groups is 1. The number of benzene rings is 2.